The fourth-order valence-electron chi connectivity index (χ4n) is 1.02. The van der Waals surface area contributed by atoms with Crippen molar-refractivity contribution in [2.45, 2.75) is 12.2 Å². The molecule has 1 aromatic rings. The maximum atomic E-state index is 13.4. The SMILES string of the molecule is O=C(O)c1c(CCl)ncc(OC(F)(F)F)c1F. The average Bonchev–Trinajstić information content (AvgIpc) is 2.18. The normalized spacial score (nSPS) is 11.4. The predicted octanol–water partition coefficient (Wildman–Crippen LogP) is 2.56. The van der Waals surface area contributed by atoms with Crippen LogP contribution in [0.5, 0.6) is 5.75 Å². The summed E-state index contributed by atoms with van der Waals surface area (Å²) in [4.78, 5) is 13.9. The van der Waals surface area contributed by atoms with Crippen molar-refractivity contribution in [3.63, 3.8) is 0 Å². The van der Waals surface area contributed by atoms with E-state index in [0.29, 0.717) is 6.20 Å². The number of pyridine rings is 1. The molecule has 17 heavy (non-hydrogen) atoms. The number of rotatable bonds is 3. The molecule has 1 heterocycles. The highest BCUT2D eigenvalue weighted by atomic mass is 35.5. The number of halogens is 5. The number of carboxylic acid groups (broad SMARTS) is 1. The van der Waals surface area contributed by atoms with Crippen molar-refractivity contribution in [3.8, 4) is 5.75 Å². The third-order valence-corrected chi connectivity index (χ3v) is 1.88. The van der Waals surface area contributed by atoms with E-state index in [1.165, 1.54) is 0 Å². The molecule has 0 atom stereocenters. The highest BCUT2D eigenvalue weighted by Gasteiger charge is 2.34. The van der Waals surface area contributed by atoms with Crippen LogP contribution in [-0.2, 0) is 5.88 Å². The summed E-state index contributed by atoms with van der Waals surface area (Å²) in [6.45, 7) is 0. The molecule has 4 nitrogen and oxygen atoms in total. The molecule has 0 saturated carbocycles. The highest BCUT2D eigenvalue weighted by molar-refractivity contribution is 6.17. The van der Waals surface area contributed by atoms with Gasteiger partial charge >= 0.3 is 12.3 Å². The number of carbonyl (C=O) groups is 1. The molecule has 1 aromatic heterocycles. The fourth-order valence-corrected chi connectivity index (χ4v) is 1.22. The maximum absolute atomic E-state index is 13.4. The molecule has 94 valence electrons. The summed E-state index contributed by atoms with van der Waals surface area (Å²) < 4.78 is 52.2. The molecule has 0 fully saturated rings. The number of nitrogens with zero attached hydrogens (tertiary/aromatic N) is 1. The number of hydrogen-bond donors (Lipinski definition) is 1. The topological polar surface area (TPSA) is 59.4 Å². The molecule has 9 heteroatoms. The second-order valence-corrected chi connectivity index (χ2v) is 3.01. The zero-order chi connectivity index (χ0) is 13.2. The molecule has 0 aromatic carbocycles. The van der Waals surface area contributed by atoms with E-state index < -0.39 is 35.3 Å². The van der Waals surface area contributed by atoms with Gasteiger partial charge in [-0.3, -0.25) is 4.98 Å². The summed E-state index contributed by atoms with van der Waals surface area (Å²) >= 11 is 5.28. The summed E-state index contributed by atoms with van der Waals surface area (Å²) in [6, 6.07) is 0. The number of alkyl halides is 4. The van der Waals surface area contributed by atoms with Crippen molar-refractivity contribution in [1.29, 1.82) is 0 Å². The van der Waals surface area contributed by atoms with Crippen LogP contribution >= 0.6 is 11.6 Å². The van der Waals surface area contributed by atoms with E-state index in [4.69, 9.17) is 16.7 Å². The Morgan fingerprint density at radius 1 is 1.53 bits per heavy atom. The molecule has 1 N–H and O–H groups in total. The van der Waals surface area contributed by atoms with Crippen LogP contribution in [0.25, 0.3) is 0 Å². The monoisotopic (exact) mass is 273 g/mol. The van der Waals surface area contributed by atoms with Crippen LogP contribution < -0.4 is 4.74 Å². The largest absolute Gasteiger partial charge is 0.573 e. The molecule has 0 bridgehead atoms. The van der Waals surface area contributed by atoms with Gasteiger partial charge in [0.25, 0.3) is 0 Å². The summed E-state index contributed by atoms with van der Waals surface area (Å²) in [5, 5.41) is 8.62. The minimum absolute atomic E-state index is 0.383. The molecule has 1 rings (SSSR count). The second kappa shape index (κ2) is 4.74. The molecule has 0 amide bonds. The second-order valence-electron chi connectivity index (χ2n) is 2.74. The first kappa shape index (κ1) is 13.5. The Kier molecular flexibility index (Phi) is 3.76. The summed E-state index contributed by atoms with van der Waals surface area (Å²) in [5.41, 5.74) is -1.42. The summed E-state index contributed by atoms with van der Waals surface area (Å²) in [6.07, 6.45) is -4.71. The number of ether oxygens (including phenoxy) is 1. The van der Waals surface area contributed by atoms with E-state index in [0.717, 1.165) is 0 Å². The van der Waals surface area contributed by atoms with Crippen LogP contribution in [-0.4, -0.2) is 22.4 Å². The minimum Gasteiger partial charge on any atom is -0.478 e. The lowest BCUT2D eigenvalue weighted by atomic mass is 10.2. The lowest BCUT2D eigenvalue weighted by Crippen LogP contribution is -2.19. The van der Waals surface area contributed by atoms with E-state index in [-0.39, 0.29) is 5.69 Å². The lowest BCUT2D eigenvalue weighted by Gasteiger charge is -2.11. The van der Waals surface area contributed by atoms with E-state index in [2.05, 4.69) is 9.72 Å². The standard InChI is InChI=1S/C8H4ClF4NO3/c9-1-3-5(7(15)16)6(10)4(2-14-3)17-8(11,12)13/h2H,1H2,(H,15,16). The van der Waals surface area contributed by atoms with Gasteiger partial charge in [-0.1, -0.05) is 0 Å². The molecule has 0 aliphatic heterocycles. The Bertz CT molecular complexity index is 449. The van der Waals surface area contributed by atoms with Gasteiger partial charge in [-0.25, -0.2) is 9.18 Å². The van der Waals surface area contributed by atoms with Crippen LogP contribution in [0.2, 0.25) is 0 Å². The van der Waals surface area contributed by atoms with Gasteiger partial charge in [0.05, 0.1) is 17.8 Å². The molecular formula is C8H4ClF4NO3. The fraction of sp³-hybridized carbons (Fsp3) is 0.250. The number of aromatic nitrogens is 1. The van der Waals surface area contributed by atoms with Crippen molar-refractivity contribution in [2.75, 3.05) is 0 Å². The van der Waals surface area contributed by atoms with Gasteiger partial charge in [-0.05, 0) is 0 Å². The lowest BCUT2D eigenvalue weighted by molar-refractivity contribution is -0.275. The van der Waals surface area contributed by atoms with E-state index in [1.807, 2.05) is 0 Å². The van der Waals surface area contributed by atoms with Crippen LogP contribution in [0.1, 0.15) is 16.1 Å². The van der Waals surface area contributed by atoms with Crippen molar-refractivity contribution in [3.05, 3.63) is 23.3 Å². The average molecular weight is 274 g/mol. The van der Waals surface area contributed by atoms with Gasteiger partial charge in [0.15, 0.2) is 11.6 Å². The molecule has 0 spiro atoms. The Balaban J connectivity index is 3.28. The summed E-state index contributed by atoms with van der Waals surface area (Å²) in [7, 11) is 0. The minimum atomic E-state index is -5.14. The summed E-state index contributed by atoms with van der Waals surface area (Å²) in [5.74, 6) is -5.22. The first-order chi connectivity index (χ1) is 7.76. The van der Waals surface area contributed by atoms with Crippen molar-refractivity contribution < 1.29 is 32.2 Å². The van der Waals surface area contributed by atoms with Crippen LogP contribution in [0, 0.1) is 5.82 Å². The maximum Gasteiger partial charge on any atom is 0.573 e. The zero-order valence-corrected chi connectivity index (χ0v) is 8.64. The Morgan fingerprint density at radius 3 is 2.53 bits per heavy atom. The van der Waals surface area contributed by atoms with Crippen LogP contribution in [0.4, 0.5) is 17.6 Å². The van der Waals surface area contributed by atoms with E-state index >= 15 is 0 Å². The smallest absolute Gasteiger partial charge is 0.478 e. The highest BCUT2D eigenvalue weighted by Crippen LogP contribution is 2.28. The Labute approximate surface area is 96.8 Å². The van der Waals surface area contributed by atoms with Crippen molar-refractivity contribution in [2.24, 2.45) is 0 Å². The van der Waals surface area contributed by atoms with Gasteiger partial charge in [-0.2, -0.15) is 0 Å². The third kappa shape index (κ3) is 3.19. The van der Waals surface area contributed by atoms with Crippen molar-refractivity contribution in [1.82, 2.24) is 4.98 Å². The zero-order valence-electron chi connectivity index (χ0n) is 7.89. The third-order valence-electron chi connectivity index (χ3n) is 1.63. The van der Waals surface area contributed by atoms with Gasteiger partial charge in [-0.15, -0.1) is 24.8 Å². The van der Waals surface area contributed by atoms with Gasteiger partial charge < -0.3 is 9.84 Å². The number of aromatic carboxylic acids is 1. The Hall–Kier alpha value is -1.57. The first-order valence-corrected chi connectivity index (χ1v) is 4.52. The Morgan fingerprint density at radius 2 is 2.12 bits per heavy atom. The van der Waals surface area contributed by atoms with Gasteiger partial charge in [0.1, 0.15) is 5.56 Å². The number of carboxylic acids is 1. The molecule has 0 radical (unpaired) electrons. The quantitative estimate of drug-likeness (QED) is 0.679. The molecular weight excluding hydrogens is 270 g/mol. The van der Waals surface area contributed by atoms with Gasteiger partial charge in [0.2, 0.25) is 0 Å². The van der Waals surface area contributed by atoms with Crippen LogP contribution in [0.3, 0.4) is 0 Å². The molecule has 0 aliphatic carbocycles. The van der Waals surface area contributed by atoms with Crippen molar-refractivity contribution >= 4 is 17.6 Å². The van der Waals surface area contributed by atoms with Gasteiger partial charge in [0, 0.05) is 0 Å². The predicted molar refractivity (Wildman–Crippen MR) is 47.4 cm³/mol. The molecule has 0 saturated heterocycles. The molecule has 0 aliphatic rings. The van der Waals surface area contributed by atoms with E-state index in [1.54, 1.807) is 0 Å². The number of hydrogen-bond acceptors (Lipinski definition) is 3. The van der Waals surface area contributed by atoms with Crippen LogP contribution in [0.15, 0.2) is 6.20 Å². The van der Waals surface area contributed by atoms with E-state index in [9.17, 15) is 22.4 Å². The molecule has 0 unspecified atom stereocenters. The first-order valence-electron chi connectivity index (χ1n) is 3.98.